The smallest absolute Gasteiger partial charge is 0.0397 e. The fraction of sp³-hybridized carbons (Fsp3) is 0.269. The predicted octanol–water partition coefficient (Wildman–Crippen LogP) is 5.72. The third-order valence-corrected chi connectivity index (χ3v) is 5.21. The molecule has 0 radical (unpaired) electrons. The number of pyridine rings is 1. The molecular formula is C26H31N3. The lowest BCUT2D eigenvalue weighted by Gasteiger charge is -2.18. The fourth-order valence-electron chi connectivity index (χ4n) is 3.47. The summed E-state index contributed by atoms with van der Waals surface area (Å²) in [5.41, 5.74) is 7.02. The zero-order valence-corrected chi connectivity index (χ0v) is 17.8. The average Bonchev–Trinajstić information content (AvgIpc) is 3.56. The first-order valence-electron chi connectivity index (χ1n) is 10.1. The van der Waals surface area contributed by atoms with E-state index in [1.165, 1.54) is 29.7 Å². The summed E-state index contributed by atoms with van der Waals surface area (Å²) in [5.74, 6) is 0. The van der Waals surface area contributed by atoms with Gasteiger partial charge in [-0.3, -0.25) is 4.98 Å². The van der Waals surface area contributed by atoms with Gasteiger partial charge in [0.05, 0.1) is 0 Å². The number of aromatic nitrogens is 1. The van der Waals surface area contributed by atoms with Gasteiger partial charge in [0.1, 0.15) is 0 Å². The summed E-state index contributed by atoms with van der Waals surface area (Å²) >= 11 is 0. The summed E-state index contributed by atoms with van der Waals surface area (Å²) in [4.78, 5) is 9.00. The second-order valence-electron chi connectivity index (χ2n) is 7.77. The molecule has 0 N–H and O–H groups in total. The molecule has 0 amide bonds. The Balaban J connectivity index is 1.99. The van der Waals surface area contributed by atoms with E-state index in [1.54, 1.807) is 0 Å². The predicted molar refractivity (Wildman–Crippen MR) is 126 cm³/mol. The molecule has 0 unspecified atom stereocenters. The highest BCUT2D eigenvalue weighted by Crippen LogP contribution is 2.30. The maximum atomic E-state index is 4.54. The van der Waals surface area contributed by atoms with Crippen LogP contribution in [0.25, 0.3) is 16.7 Å². The lowest BCUT2D eigenvalue weighted by Crippen LogP contribution is -2.13. The van der Waals surface area contributed by atoms with Crippen molar-refractivity contribution in [1.82, 2.24) is 9.88 Å². The van der Waals surface area contributed by atoms with Gasteiger partial charge in [0.2, 0.25) is 0 Å². The molecule has 1 aromatic heterocycles. The molecule has 1 saturated carbocycles. The van der Waals surface area contributed by atoms with Crippen molar-refractivity contribution in [2.75, 3.05) is 26.0 Å². The Hall–Kier alpha value is -3.07. The number of benzene rings is 1. The minimum atomic E-state index is 0.665. The van der Waals surface area contributed by atoms with Crippen molar-refractivity contribution in [3.63, 3.8) is 0 Å². The first-order chi connectivity index (χ1) is 14.0. The van der Waals surface area contributed by atoms with Crippen molar-refractivity contribution >= 4 is 11.3 Å². The third-order valence-electron chi connectivity index (χ3n) is 5.21. The van der Waals surface area contributed by atoms with Gasteiger partial charge in [-0.15, -0.1) is 6.58 Å². The van der Waals surface area contributed by atoms with Crippen LogP contribution < -0.4 is 4.90 Å². The summed E-state index contributed by atoms with van der Waals surface area (Å²) in [6, 6.07) is 9.48. The van der Waals surface area contributed by atoms with E-state index in [0.29, 0.717) is 6.04 Å². The molecule has 0 spiro atoms. The summed E-state index contributed by atoms with van der Waals surface area (Å²) in [6.45, 7) is 7.73. The fourth-order valence-corrected chi connectivity index (χ4v) is 3.47. The van der Waals surface area contributed by atoms with Crippen LogP contribution in [0.5, 0.6) is 0 Å². The van der Waals surface area contributed by atoms with E-state index >= 15 is 0 Å². The molecule has 29 heavy (non-hydrogen) atoms. The molecule has 1 aromatic carbocycles. The molecule has 150 valence electrons. The van der Waals surface area contributed by atoms with Crippen LogP contribution in [0.4, 0.5) is 5.69 Å². The van der Waals surface area contributed by atoms with Gasteiger partial charge < -0.3 is 9.80 Å². The Morgan fingerprint density at radius 1 is 1.10 bits per heavy atom. The van der Waals surface area contributed by atoms with Gasteiger partial charge in [-0.25, -0.2) is 0 Å². The third kappa shape index (κ3) is 5.26. The Kier molecular flexibility index (Phi) is 6.71. The monoisotopic (exact) mass is 385 g/mol. The minimum Gasteiger partial charge on any atom is -0.377 e. The van der Waals surface area contributed by atoms with Crippen LogP contribution in [-0.4, -0.2) is 37.1 Å². The van der Waals surface area contributed by atoms with Gasteiger partial charge in [0, 0.05) is 62.6 Å². The van der Waals surface area contributed by atoms with Gasteiger partial charge in [-0.2, -0.15) is 0 Å². The zero-order valence-electron chi connectivity index (χ0n) is 17.8. The summed E-state index contributed by atoms with van der Waals surface area (Å²) in [6.07, 6.45) is 17.3. The molecule has 0 bridgehead atoms. The molecular weight excluding hydrogens is 354 g/mol. The van der Waals surface area contributed by atoms with Crippen molar-refractivity contribution in [3.05, 3.63) is 91.4 Å². The van der Waals surface area contributed by atoms with Crippen LogP contribution in [0.15, 0.2) is 80.3 Å². The van der Waals surface area contributed by atoms with Crippen molar-refractivity contribution < 1.29 is 0 Å². The standard InChI is InChI=1S/C26H31N3/c1-6-8-10-22(19-29(5)25-12-13-25)24-16-23(17-27-18-24)20-11-14-26(28(3)4)21(15-20)9-7-2/h6-8,10-11,14-19,25H,1-2,9,12-13H2,3-5H3/b10-8-,22-19+. The van der Waals surface area contributed by atoms with E-state index in [1.807, 2.05) is 30.6 Å². The Morgan fingerprint density at radius 3 is 2.55 bits per heavy atom. The highest BCUT2D eigenvalue weighted by Gasteiger charge is 2.24. The minimum absolute atomic E-state index is 0.665. The van der Waals surface area contributed by atoms with Crippen LogP contribution in [0.1, 0.15) is 24.0 Å². The van der Waals surface area contributed by atoms with E-state index in [4.69, 9.17) is 0 Å². The molecule has 0 atom stereocenters. The Bertz CT molecular complexity index is 933. The van der Waals surface area contributed by atoms with Crippen LogP contribution in [0.3, 0.4) is 0 Å². The van der Waals surface area contributed by atoms with Gasteiger partial charge in [0.15, 0.2) is 0 Å². The SMILES string of the molecule is C=C/C=C\C(=C/N(C)C1CC1)c1cncc(-c2ccc(N(C)C)c(CC=C)c2)c1. The molecule has 1 aliphatic carbocycles. The topological polar surface area (TPSA) is 19.4 Å². The van der Waals surface area contributed by atoms with Crippen LogP contribution in [0, 0.1) is 0 Å². The summed E-state index contributed by atoms with van der Waals surface area (Å²) < 4.78 is 0. The molecule has 1 aliphatic rings. The number of allylic oxidation sites excluding steroid dienone is 5. The van der Waals surface area contributed by atoms with Gasteiger partial charge in [-0.1, -0.05) is 36.9 Å². The molecule has 0 aliphatic heterocycles. The molecule has 1 fully saturated rings. The first-order valence-corrected chi connectivity index (χ1v) is 10.1. The number of anilines is 1. The van der Waals surface area contributed by atoms with Crippen molar-refractivity contribution in [2.24, 2.45) is 0 Å². The van der Waals surface area contributed by atoms with Crippen molar-refractivity contribution in [3.8, 4) is 11.1 Å². The van der Waals surface area contributed by atoms with Gasteiger partial charge in [-0.05, 0) is 54.2 Å². The lowest BCUT2D eigenvalue weighted by atomic mass is 9.98. The molecule has 2 aromatic rings. The van der Waals surface area contributed by atoms with Gasteiger partial charge >= 0.3 is 0 Å². The van der Waals surface area contributed by atoms with E-state index in [9.17, 15) is 0 Å². The lowest BCUT2D eigenvalue weighted by molar-refractivity contribution is 0.448. The zero-order chi connectivity index (χ0) is 20.8. The number of hydrogen-bond acceptors (Lipinski definition) is 3. The highest BCUT2D eigenvalue weighted by molar-refractivity contribution is 5.78. The van der Waals surface area contributed by atoms with E-state index in [2.05, 4.69) is 85.6 Å². The Morgan fingerprint density at radius 2 is 1.90 bits per heavy atom. The molecule has 3 nitrogen and oxygen atoms in total. The number of rotatable bonds is 9. The van der Waals surface area contributed by atoms with Crippen LogP contribution in [-0.2, 0) is 6.42 Å². The molecule has 1 heterocycles. The van der Waals surface area contributed by atoms with Gasteiger partial charge in [0.25, 0.3) is 0 Å². The number of nitrogens with zero attached hydrogens (tertiary/aromatic N) is 3. The maximum absolute atomic E-state index is 4.54. The van der Waals surface area contributed by atoms with Crippen molar-refractivity contribution in [1.29, 1.82) is 0 Å². The number of hydrogen-bond donors (Lipinski definition) is 0. The van der Waals surface area contributed by atoms with E-state index in [-0.39, 0.29) is 0 Å². The maximum Gasteiger partial charge on any atom is 0.0397 e. The van der Waals surface area contributed by atoms with Crippen molar-refractivity contribution in [2.45, 2.75) is 25.3 Å². The average molecular weight is 386 g/mol. The quantitative estimate of drug-likeness (QED) is 0.406. The largest absolute Gasteiger partial charge is 0.377 e. The molecule has 0 saturated heterocycles. The van der Waals surface area contributed by atoms with Crippen LogP contribution >= 0.6 is 0 Å². The van der Waals surface area contributed by atoms with E-state index < -0.39 is 0 Å². The van der Waals surface area contributed by atoms with Crippen LogP contribution in [0.2, 0.25) is 0 Å². The molecule has 3 rings (SSSR count). The Labute approximate surface area is 175 Å². The first kappa shape index (κ1) is 20.7. The normalized spacial score (nSPS) is 14.1. The highest BCUT2D eigenvalue weighted by atomic mass is 15.1. The second-order valence-corrected chi connectivity index (χ2v) is 7.77. The summed E-state index contributed by atoms with van der Waals surface area (Å²) in [5, 5.41) is 0. The van der Waals surface area contributed by atoms with E-state index in [0.717, 1.165) is 23.1 Å². The summed E-state index contributed by atoms with van der Waals surface area (Å²) in [7, 11) is 6.30. The molecule has 3 heteroatoms. The second kappa shape index (κ2) is 9.42.